The zero-order valence-electron chi connectivity index (χ0n) is 6.00. The van der Waals surface area contributed by atoms with E-state index in [-0.39, 0.29) is 6.10 Å². The molecular weight excluding hydrogens is 116 g/mol. The monoisotopic (exact) mass is 130 g/mol. The van der Waals surface area contributed by atoms with Gasteiger partial charge in [0, 0.05) is 6.42 Å². The van der Waals surface area contributed by atoms with Crippen LogP contribution in [0.15, 0.2) is 0 Å². The fraction of sp³-hybridized carbons (Fsp3) is 1.00. The third-order valence-electron chi connectivity index (χ3n) is 1.73. The predicted molar refractivity (Wildman–Crippen MR) is 35.0 cm³/mol. The third kappa shape index (κ3) is 1.95. The van der Waals surface area contributed by atoms with Gasteiger partial charge in [-0.2, -0.15) is 0 Å². The number of ether oxygens (including phenoxy) is 1. The molecule has 1 N–H and O–H groups in total. The maximum atomic E-state index is 9.03. The van der Waals surface area contributed by atoms with E-state index in [0.29, 0.717) is 5.92 Å². The van der Waals surface area contributed by atoms with Crippen LogP contribution in [-0.4, -0.2) is 17.5 Å². The highest BCUT2D eigenvalue weighted by Gasteiger charge is 2.21. The zero-order chi connectivity index (χ0) is 6.85. The molecule has 1 fully saturated rings. The molecule has 0 aromatic rings. The van der Waals surface area contributed by atoms with E-state index in [1.807, 2.05) is 6.92 Å². The van der Waals surface area contributed by atoms with Gasteiger partial charge < -0.3 is 9.84 Å². The minimum atomic E-state index is -0.510. The van der Waals surface area contributed by atoms with Crippen molar-refractivity contribution in [3.8, 4) is 0 Å². The highest BCUT2D eigenvalue weighted by atomic mass is 16.6. The first-order valence-electron chi connectivity index (χ1n) is 3.52. The Bertz CT molecular complexity index is 67.9. The van der Waals surface area contributed by atoms with E-state index in [2.05, 4.69) is 6.92 Å². The second-order valence-corrected chi connectivity index (χ2v) is 2.98. The van der Waals surface area contributed by atoms with Gasteiger partial charge in [0.05, 0.1) is 6.10 Å². The van der Waals surface area contributed by atoms with Gasteiger partial charge in [-0.15, -0.1) is 0 Å². The molecule has 0 spiro atoms. The maximum Gasteiger partial charge on any atom is 0.155 e. The minimum absolute atomic E-state index is 0.240. The van der Waals surface area contributed by atoms with Crippen molar-refractivity contribution >= 4 is 0 Å². The van der Waals surface area contributed by atoms with Gasteiger partial charge in [-0.3, -0.25) is 0 Å². The van der Waals surface area contributed by atoms with E-state index in [1.54, 1.807) is 0 Å². The Kier molecular flexibility index (Phi) is 2.09. The number of hydrogen-bond donors (Lipinski definition) is 1. The summed E-state index contributed by atoms with van der Waals surface area (Å²) >= 11 is 0. The lowest BCUT2D eigenvalue weighted by Gasteiger charge is -2.28. The van der Waals surface area contributed by atoms with E-state index >= 15 is 0 Å². The normalized spacial score (nSPS) is 45.0. The van der Waals surface area contributed by atoms with Crippen molar-refractivity contribution in [1.29, 1.82) is 0 Å². The molecule has 0 saturated carbocycles. The molecule has 1 rings (SSSR count). The summed E-state index contributed by atoms with van der Waals surface area (Å²) in [5.41, 5.74) is 0. The molecular formula is C7H14O2. The van der Waals surface area contributed by atoms with Crippen molar-refractivity contribution < 1.29 is 9.84 Å². The molecule has 1 aliphatic heterocycles. The third-order valence-corrected chi connectivity index (χ3v) is 1.73. The number of hydrogen-bond acceptors (Lipinski definition) is 2. The van der Waals surface area contributed by atoms with Crippen molar-refractivity contribution in [2.24, 2.45) is 5.92 Å². The summed E-state index contributed by atoms with van der Waals surface area (Å²) in [6.07, 6.45) is 1.61. The molecule has 0 aromatic heterocycles. The van der Waals surface area contributed by atoms with Gasteiger partial charge in [0.1, 0.15) is 0 Å². The van der Waals surface area contributed by atoms with Crippen LogP contribution in [-0.2, 0) is 4.74 Å². The summed E-state index contributed by atoms with van der Waals surface area (Å²) in [4.78, 5) is 0. The molecule has 0 aliphatic carbocycles. The van der Waals surface area contributed by atoms with Crippen LogP contribution in [0.1, 0.15) is 26.7 Å². The van der Waals surface area contributed by atoms with Crippen LogP contribution in [0.2, 0.25) is 0 Å². The van der Waals surface area contributed by atoms with Crippen LogP contribution in [0.5, 0.6) is 0 Å². The summed E-state index contributed by atoms with van der Waals surface area (Å²) in [6, 6.07) is 0. The predicted octanol–water partition coefficient (Wildman–Crippen LogP) is 1.14. The standard InChI is InChI=1S/C7H14O2/c1-5-3-6(2)9-7(8)4-5/h5-8H,3-4H2,1-2H3/t5-,6+,7?/m0/s1. The zero-order valence-corrected chi connectivity index (χ0v) is 6.00. The molecule has 0 radical (unpaired) electrons. The summed E-state index contributed by atoms with van der Waals surface area (Å²) in [6.45, 7) is 4.14. The minimum Gasteiger partial charge on any atom is -0.368 e. The summed E-state index contributed by atoms with van der Waals surface area (Å²) in [5.74, 6) is 0.615. The molecule has 0 amide bonds. The average molecular weight is 130 g/mol. The molecule has 1 unspecified atom stereocenters. The van der Waals surface area contributed by atoms with Crippen molar-refractivity contribution in [3.05, 3.63) is 0 Å². The van der Waals surface area contributed by atoms with E-state index in [9.17, 15) is 0 Å². The Morgan fingerprint density at radius 1 is 1.33 bits per heavy atom. The van der Waals surface area contributed by atoms with E-state index in [4.69, 9.17) is 9.84 Å². The summed E-state index contributed by atoms with van der Waals surface area (Å²) in [5, 5.41) is 9.03. The number of aliphatic hydroxyl groups excluding tert-OH is 1. The lowest BCUT2D eigenvalue weighted by molar-refractivity contribution is -0.169. The first-order valence-corrected chi connectivity index (χ1v) is 3.52. The highest BCUT2D eigenvalue weighted by Crippen LogP contribution is 2.22. The fourth-order valence-electron chi connectivity index (χ4n) is 1.39. The smallest absolute Gasteiger partial charge is 0.155 e. The van der Waals surface area contributed by atoms with Crippen molar-refractivity contribution in [3.63, 3.8) is 0 Å². The Morgan fingerprint density at radius 2 is 2.00 bits per heavy atom. The highest BCUT2D eigenvalue weighted by molar-refractivity contribution is 4.66. The van der Waals surface area contributed by atoms with Gasteiger partial charge in [-0.25, -0.2) is 0 Å². The van der Waals surface area contributed by atoms with Gasteiger partial charge in [0.15, 0.2) is 6.29 Å². The van der Waals surface area contributed by atoms with Crippen LogP contribution >= 0.6 is 0 Å². The molecule has 1 heterocycles. The summed E-state index contributed by atoms with van der Waals surface area (Å²) < 4.78 is 5.11. The van der Waals surface area contributed by atoms with Crippen molar-refractivity contribution in [1.82, 2.24) is 0 Å². The molecule has 1 aliphatic rings. The van der Waals surface area contributed by atoms with Crippen LogP contribution in [0.4, 0.5) is 0 Å². The topological polar surface area (TPSA) is 29.5 Å². The number of aliphatic hydroxyl groups is 1. The van der Waals surface area contributed by atoms with Crippen LogP contribution in [0.3, 0.4) is 0 Å². The first-order chi connectivity index (χ1) is 4.18. The van der Waals surface area contributed by atoms with Crippen LogP contribution < -0.4 is 0 Å². The molecule has 0 aromatic carbocycles. The molecule has 9 heavy (non-hydrogen) atoms. The van der Waals surface area contributed by atoms with Gasteiger partial charge in [0.25, 0.3) is 0 Å². The van der Waals surface area contributed by atoms with Crippen molar-refractivity contribution in [2.75, 3.05) is 0 Å². The molecule has 2 nitrogen and oxygen atoms in total. The van der Waals surface area contributed by atoms with Crippen LogP contribution in [0.25, 0.3) is 0 Å². The second-order valence-electron chi connectivity index (χ2n) is 2.98. The van der Waals surface area contributed by atoms with E-state index in [0.717, 1.165) is 12.8 Å². The lowest BCUT2D eigenvalue weighted by atomic mass is 9.98. The molecule has 1 saturated heterocycles. The lowest BCUT2D eigenvalue weighted by Crippen LogP contribution is -2.29. The SMILES string of the molecule is C[C@@H]1CC(O)O[C@H](C)C1. The molecule has 0 bridgehead atoms. The fourth-order valence-corrected chi connectivity index (χ4v) is 1.39. The quantitative estimate of drug-likeness (QED) is 0.533. The Labute approximate surface area is 55.8 Å². The van der Waals surface area contributed by atoms with Crippen LogP contribution in [0, 0.1) is 5.92 Å². The Balaban J connectivity index is 2.34. The molecule has 54 valence electrons. The summed E-state index contributed by atoms with van der Waals surface area (Å²) in [7, 11) is 0. The van der Waals surface area contributed by atoms with Gasteiger partial charge in [-0.1, -0.05) is 6.92 Å². The average Bonchev–Trinajstić information content (AvgIpc) is 1.59. The van der Waals surface area contributed by atoms with Gasteiger partial charge in [0.2, 0.25) is 0 Å². The Hall–Kier alpha value is -0.0800. The van der Waals surface area contributed by atoms with E-state index < -0.39 is 6.29 Å². The maximum absolute atomic E-state index is 9.03. The van der Waals surface area contributed by atoms with Gasteiger partial charge in [-0.05, 0) is 19.3 Å². The van der Waals surface area contributed by atoms with Gasteiger partial charge >= 0.3 is 0 Å². The molecule has 2 heteroatoms. The van der Waals surface area contributed by atoms with Crippen molar-refractivity contribution in [2.45, 2.75) is 39.1 Å². The first kappa shape index (κ1) is 7.03. The Morgan fingerprint density at radius 3 is 2.44 bits per heavy atom. The second kappa shape index (κ2) is 2.67. The largest absolute Gasteiger partial charge is 0.368 e. The number of rotatable bonds is 0. The molecule has 3 atom stereocenters. The van der Waals surface area contributed by atoms with E-state index in [1.165, 1.54) is 0 Å².